The molecule has 1 aliphatic rings. The number of hydrogen-bond donors (Lipinski definition) is 2. The molecule has 0 atom stereocenters. The molecule has 164 valence electrons. The fourth-order valence-corrected chi connectivity index (χ4v) is 4.47. The normalized spacial score (nSPS) is 15.8. The van der Waals surface area contributed by atoms with Gasteiger partial charge in [0.25, 0.3) is 0 Å². The van der Waals surface area contributed by atoms with Gasteiger partial charge >= 0.3 is 0 Å². The second-order valence-corrected chi connectivity index (χ2v) is 9.26. The van der Waals surface area contributed by atoms with Gasteiger partial charge in [0.2, 0.25) is 0 Å². The molecule has 2 heterocycles. The van der Waals surface area contributed by atoms with Crippen molar-refractivity contribution in [3.63, 3.8) is 0 Å². The summed E-state index contributed by atoms with van der Waals surface area (Å²) >= 11 is 1.83. The number of hydrogen-bond acceptors (Lipinski definition) is 4. The molecule has 1 aliphatic heterocycles. The molecule has 1 aromatic carbocycles. The van der Waals surface area contributed by atoms with E-state index in [1.165, 1.54) is 16.1 Å². The number of piperidine rings is 1. The van der Waals surface area contributed by atoms with E-state index in [9.17, 15) is 0 Å². The van der Waals surface area contributed by atoms with Crippen LogP contribution in [0.4, 0.5) is 5.00 Å². The van der Waals surface area contributed by atoms with Gasteiger partial charge in [-0.2, -0.15) is 0 Å². The number of thiophene rings is 1. The second-order valence-electron chi connectivity index (χ2n) is 8.33. The van der Waals surface area contributed by atoms with E-state index < -0.39 is 0 Å². The highest BCUT2D eigenvalue weighted by Crippen LogP contribution is 2.24. The standard InChI is InChI=1S/C24H37N5S/c1-5-25-24(27-22-12-14-29(15-13-22)23-11-8-16-30-23)26-17-20-9-6-7-10-21(20)18-28(4)19(2)3/h6-11,16,19,22H,5,12-15,17-18H2,1-4H3,(H2,25,26,27). The minimum absolute atomic E-state index is 0.473. The smallest absolute Gasteiger partial charge is 0.191 e. The molecule has 1 fully saturated rings. The third kappa shape index (κ3) is 6.47. The van der Waals surface area contributed by atoms with Crippen LogP contribution in [-0.2, 0) is 13.1 Å². The van der Waals surface area contributed by atoms with Crippen LogP contribution in [0.2, 0.25) is 0 Å². The summed E-state index contributed by atoms with van der Waals surface area (Å²) < 4.78 is 0. The number of anilines is 1. The summed E-state index contributed by atoms with van der Waals surface area (Å²) in [6, 6.07) is 14.0. The maximum Gasteiger partial charge on any atom is 0.191 e. The lowest BCUT2D eigenvalue weighted by molar-refractivity contribution is 0.265. The quantitative estimate of drug-likeness (QED) is 0.487. The van der Waals surface area contributed by atoms with Crippen LogP contribution < -0.4 is 15.5 Å². The van der Waals surface area contributed by atoms with Crippen molar-refractivity contribution in [1.29, 1.82) is 0 Å². The first-order valence-electron chi connectivity index (χ1n) is 11.2. The van der Waals surface area contributed by atoms with E-state index in [-0.39, 0.29) is 0 Å². The molecule has 0 spiro atoms. The maximum absolute atomic E-state index is 4.92. The molecule has 6 heteroatoms. The minimum atomic E-state index is 0.473. The van der Waals surface area contributed by atoms with E-state index in [0.29, 0.717) is 18.6 Å². The third-order valence-electron chi connectivity index (χ3n) is 5.83. The zero-order valence-corrected chi connectivity index (χ0v) is 19.7. The van der Waals surface area contributed by atoms with E-state index in [2.05, 4.69) is 90.0 Å². The summed E-state index contributed by atoms with van der Waals surface area (Å²) in [6.45, 7) is 11.3. The Morgan fingerprint density at radius 3 is 2.53 bits per heavy atom. The molecule has 2 aromatic rings. The number of nitrogens with zero attached hydrogens (tertiary/aromatic N) is 3. The van der Waals surface area contributed by atoms with Crippen LogP contribution >= 0.6 is 11.3 Å². The van der Waals surface area contributed by atoms with Crippen molar-refractivity contribution in [3.8, 4) is 0 Å². The molecule has 0 aliphatic carbocycles. The molecule has 1 saturated heterocycles. The van der Waals surface area contributed by atoms with E-state index in [1.54, 1.807) is 0 Å². The first-order valence-corrected chi connectivity index (χ1v) is 12.0. The molecule has 0 bridgehead atoms. The van der Waals surface area contributed by atoms with Crippen LogP contribution in [0.1, 0.15) is 44.7 Å². The number of nitrogens with one attached hydrogen (secondary N) is 2. The zero-order chi connectivity index (χ0) is 21.3. The summed E-state index contributed by atoms with van der Waals surface area (Å²) in [4.78, 5) is 9.79. The van der Waals surface area contributed by atoms with Gasteiger partial charge in [-0.3, -0.25) is 4.90 Å². The van der Waals surface area contributed by atoms with Gasteiger partial charge in [-0.05, 0) is 69.3 Å². The zero-order valence-electron chi connectivity index (χ0n) is 18.9. The molecular formula is C24H37N5S. The Morgan fingerprint density at radius 2 is 1.90 bits per heavy atom. The van der Waals surface area contributed by atoms with Crippen LogP contribution in [0.25, 0.3) is 0 Å². The van der Waals surface area contributed by atoms with Crippen molar-refractivity contribution < 1.29 is 0 Å². The summed E-state index contributed by atoms with van der Waals surface area (Å²) in [7, 11) is 2.18. The third-order valence-corrected chi connectivity index (χ3v) is 6.75. The van der Waals surface area contributed by atoms with Gasteiger partial charge in [0.05, 0.1) is 11.5 Å². The van der Waals surface area contributed by atoms with Crippen molar-refractivity contribution >= 4 is 22.3 Å². The first-order chi connectivity index (χ1) is 14.6. The van der Waals surface area contributed by atoms with Gasteiger partial charge < -0.3 is 15.5 Å². The fraction of sp³-hybridized carbons (Fsp3) is 0.542. The van der Waals surface area contributed by atoms with Gasteiger partial charge in [-0.25, -0.2) is 4.99 Å². The summed E-state index contributed by atoms with van der Waals surface area (Å²) in [6.07, 6.45) is 2.27. The highest BCUT2D eigenvalue weighted by atomic mass is 32.1. The van der Waals surface area contributed by atoms with Crippen LogP contribution in [0.3, 0.4) is 0 Å². The predicted molar refractivity (Wildman–Crippen MR) is 131 cm³/mol. The number of guanidine groups is 1. The van der Waals surface area contributed by atoms with Crippen molar-refractivity contribution in [2.45, 2.75) is 58.8 Å². The van der Waals surface area contributed by atoms with Gasteiger partial charge in [0, 0.05) is 38.3 Å². The van der Waals surface area contributed by atoms with Gasteiger partial charge in [-0.1, -0.05) is 24.3 Å². The van der Waals surface area contributed by atoms with Crippen LogP contribution in [-0.4, -0.2) is 49.6 Å². The Balaban J connectivity index is 1.59. The number of benzene rings is 1. The van der Waals surface area contributed by atoms with E-state index in [0.717, 1.165) is 45.0 Å². The molecule has 5 nitrogen and oxygen atoms in total. The van der Waals surface area contributed by atoms with Crippen LogP contribution in [0, 0.1) is 0 Å². The van der Waals surface area contributed by atoms with E-state index in [4.69, 9.17) is 4.99 Å². The lowest BCUT2D eigenvalue weighted by atomic mass is 10.1. The average molecular weight is 428 g/mol. The first kappa shape index (κ1) is 22.6. The Labute approximate surface area is 186 Å². The lowest BCUT2D eigenvalue weighted by Crippen LogP contribution is -2.48. The molecule has 0 saturated carbocycles. The molecular weight excluding hydrogens is 390 g/mol. The molecule has 0 unspecified atom stereocenters. The van der Waals surface area contributed by atoms with E-state index >= 15 is 0 Å². The number of rotatable bonds is 8. The molecule has 0 radical (unpaired) electrons. The highest BCUT2D eigenvalue weighted by Gasteiger charge is 2.20. The van der Waals surface area contributed by atoms with Gasteiger partial charge in [0.15, 0.2) is 5.96 Å². The van der Waals surface area contributed by atoms with Crippen LogP contribution in [0.5, 0.6) is 0 Å². The Bertz CT molecular complexity index is 779. The molecule has 2 N–H and O–H groups in total. The van der Waals surface area contributed by atoms with Crippen molar-refractivity contribution in [2.75, 3.05) is 31.6 Å². The Morgan fingerprint density at radius 1 is 1.17 bits per heavy atom. The predicted octanol–water partition coefficient (Wildman–Crippen LogP) is 4.31. The summed E-state index contributed by atoms with van der Waals surface area (Å²) in [5.74, 6) is 0.930. The molecule has 1 aromatic heterocycles. The van der Waals surface area contributed by atoms with Crippen LogP contribution in [0.15, 0.2) is 46.8 Å². The Kier molecular flexibility index (Phi) is 8.58. The Hall–Kier alpha value is -2.05. The topological polar surface area (TPSA) is 42.9 Å². The second kappa shape index (κ2) is 11.4. The van der Waals surface area contributed by atoms with Crippen molar-refractivity contribution in [3.05, 3.63) is 52.9 Å². The van der Waals surface area contributed by atoms with Crippen molar-refractivity contribution in [1.82, 2.24) is 15.5 Å². The summed E-state index contributed by atoms with van der Waals surface area (Å²) in [5, 5.41) is 10.7. The SMILES string of the molecule is CCNC(=NCc1ccccc1CN(C)C(C)C)NC1CCN(c2cccs2)CC1. The fourth-order valence-electron chi connectivity index (χ4n) is 3.69. The van der Waals surface area contributed by atoms with Gasteiger partial charge in [0.1, 0.15) is 0 Å². The maximum atomic E-state index is 4.92. The summed E-state index contributed by atoms with van der Waals surface area (Å²) in [5.41, 5.74) is 2.66. The molecule has 0 amide bonds. The van der Waals surface area contributed by atoms with Crippen molar-refractivity contribution in [2.24, 2.45) is 4.99 Å². The van der Waals surface area contributed by atoms with Gasteiger partial charge in [-0.15, -0.1) is 11.3 Å². The lowest BCUT2D eigenvalue weighted by Gasteiger charge is -2.33. The van der Waals surface area contributed by atoms with E-state index in [1.807, 2.05) is 11.3 Å². The molecule has 30 heavy (non-hydrogen) atoms. The molecule has 3 rings (SSSR count). The average Bonchev–Trinajstić information content (AvgIpc) is 3.28. The number of aliphatic imine (C=N–C) groups is 1. The monoisotopic (exact) mass is 427 g/mol. The highest BCUT2D eigenvalue weighted by molar-refractivity contribution is 7.14. The minimum Gasteiger partial charge on any atom is -0.363 e. The largest absolute Gasteiger partial charge is 0.363 e.